The van der Waals surface area contributed by atoms with Crippen LogP contribution in [-0.4, -0.2) is 22.5 Å². The molecular formula is C22H20ClN3O3. The van der Waals surface area contributed by atoms with E-state index in [4.69, 9.17) is 21.1 Å². The number of nitrogens with zero attached hydrogens (tertiary/aromatic N) is 2. The molecular weight excluding hydrogens is 390 g/mol. The zero-order chi connectivity index (χ0) is 19.8. The van der Waals surface area contributed by atoms with E-state index in [1.54, 1.807) is 18.2 Å². The van der Waals surface area contributed by atoms with Gasteiger partial charge in [-0.25, -0.2) is 0 Å². The predicted molar refractivity (Wildman–Crippen MR) is 108 cm³/mol. The Balaban J connectivity index is 1.34. The van der Waals surface area contributed by atoms with Crippen molar-refractivity contribution >= 4 is 17.5 Å². The minimum Gasteiger partial charge on any atom is -0.454 e. The van der Waals surface area contributed by atoms with Gasteiger partial charge in [-0.2, -0.15) is 5.10 Å². The van der Waals surface area contributed by atoms with E-state index in [0.29, 0.717) is 23.6 Å². The summed E-state index contributed by atoms with van der Waals surface area (Å²) in [5, 5.41) is 8.47. The second-order valence-electron chi connectivity index (χ2n) is 7.32. The first-order valence-corrected chi connectivity index (χ1v) is 10.0. The van der Waals surface area contributed by atoms with Crippen molar-refractivity contribution in [3.05, 3.63) is 76.1 Å². The van der Waals surface area contributed by atoms with Crippen LogP contribution in [0.5, 0.6) is 11.5 Å². The Morgan fingerprint density at radius 3 is 2.86 bits per heavy atom. The lowest BCUT2D eigenvalue weighted by Gasteiger charge is -2.24. The Morgan fingerprint density at radius 2 is 2.00 bits per heavy atom. The van der Waals surface area contributed by atoms with Gasteiger partial charge in [-0.3, -0.25) is 9.48 Å². The third kappa shape index (κ3) is 3.56. The Kier molecular flexibility index (Phi) is 4.64. The van der Waals surface area contributed by atoms with Crippen LogP contribution in [0.15, 0.2) is 48.7 Å². The van der Waals surface area contributed by atoms with Gasteiger partial charge in [0.05, 0.1) is 18.8 Å². The average molecular weight is 410 g/mol. The summed E-state index contributed by atoms with van der Waals surface area (Å²) in [6.45, 7) is 0.883. The average Bonchev–Trinajstić information content (AvgIpc) is 3.37. The molecule has 3 aromatic rings. The van der Waals surface area contributed by atoms with Gasteiger partial charge < -0.3 is 14.8 Å². The molecule has 2 heterocycles. The van der Waals surface area contributed by atoms with Crippen LogP contribution in [0.4, 0.5) is 0 Å². The summed E-state index contributed by atoms with van der Waals surface area (Å²) >= 11 is 5.98. The minimum atomic E-state index is -0.119. The van der Waals surface area contributed by atoms with Crippen LogP contribution in [0.1, 0.15) is 46.1 Å². The minimum absolute atomic E-state index is 0.0457. The monoisotopic (exact) mass is 409 g/mol. The van der Waals surface area contributed by atoms with Crippen molar-refractivity contribution in [2.24, 2.45) is 0 Å². The number of carbonyl (C=O) groups excluding carboxylic acids is 1. The van der Waals surface area contributed by atoms with Crippen molar-refractivity contribution < 1.29 is 14.3 Å². The number of halogens is 1. The molecule has 1 aromatic heterocycles. The predicted octanol–water partition coefficient (Wildman–Crippen LogP) is 4.12. The Morgan fingerprint density at radius 1 is 1.17 bits per heavy atom. The van der Waals surface area contributed by atoms with E-state index in [2.05, 4.69) is 10.4 Å². The van der Waals surface area contributed by atoms with E-state index in [1.165, 1.54) is 5.69 Å². The van der Waals surface area contributed by atoms with E-state index >= 15 is 0 Å². The molecule has 5 rings (SSSR count). The molecule has 0 bridgehead atoms. The van der Waals surface area contributed by atoms with Crippen LogP contribution >= 0.6 is 11.6 Å². The largest absolute Gasteiger partial charge is 0.454 e. The van der Waals surface area contributed by atoms with Crippen molar-refractivity contribution in [3.63, 3.8) is 0 Å². The summed E-state index contributed by atoms with van der Waals surface area (Å²) in [4.78, 5) is 12.8. The molecule has 1 aliphatic heterocycles. The molecule has 0 saturated heterocycles. The molecule has 1 N–H and O–H groups in total. The van der Waals surface area contributed by atoms with Gasteiger partial charge >= 0.3 is 0 Å². The first kappa shape index (κ1) is 18.1. The first-order valence-electron chi connectivity index (χ1n) is 9.67. The van der Waals surface area contributed by atoms with E-state index < -0.39 is 0 Å². The molecule has 0 fully saturated rings. The highest BCUT2D eigenvalue weighted by atomic mass is 35.5. The fraction of sp³-hybridized carbons (Fsp3) is 0.273. The summed E-state index contributed by atoms with van der Waals surface area (Å²) in [7, 11) is 0. The second kappa shape index (κ2) is 7.44. The van der Waals surface area contributed by atoms with Crippen molar-refractivity contribution in [1.29, 1.82) is 0 Å². The molecule has 0 saturated carbocycles. The molecule has 29 heavy (non-hydrogen) atoms. The van der Waals surface area contributed by atoms with Crippen LogP contribution in [0, 0.1) is 0 Å². The maximum Gasteiger partial charge on any atom is 0.251 e. The van der Waals surface area contributed by atoms with Gasteiger partial charge in [0.15, 0.2) is 11.5 Å². The number of hydrogen-bond donors (Lipinski definition) is 1. The van der Waals surface area contributed by atoms with Gasteiger partial charge in [0, 0.05) is 21.8 Å². The van der Waals surface area contributed by atoms with Crippen LogP contribution in [0.3, 0.4) is 0 Å². The molecule has 1 atom stereocenters. The van der Waals surface area contributed by atoms with E-state index in [9.17, 15) is 4.79 Å². The third-order valence-electron chi connectivity index (χ3n) is 5.45. The lowest BCUT2D eigenvalue weighted by molar-refractivity contribution is 0.0932. The van der Waals surface area contributed by atoms with Gasteiger partial charge in [0.1, 0.15) is 0 Å². The number of benzene rings is 2. The zero-order valence-corrected chi connectivity index (χ0v) is 16.5. The number of ether oxygens (including phenoxy) is 2. The number of amides is 1. The number of nitrogens with one attached hydrogen (secondary N) is 1. The second-order valence-corrected chi connectivity index (χ2v) is 7.75. The standard InChI is InChI=1S/C22H20ClN3O3/c23-16-7-4-14(5-8-16)12-26-19-3-1-2-18(17(19)11-24-26)25-22(27)15-6-9-20-21(10-15)29-13-28-20/h4-11,18H,1-3,12-13H2,(H,25,27). The summed E-state index contributed by atoms with van der Waals surface area (Å²) in [5.74, 6) is 1.16. The van der Waals surface area contributed by atoms with Crippen LogP contribution in [0.2, 0.25) is 5.02 Å². The molecule has 7 heteroatoms. The maximum atomic E-state index is 12.8. The molecule has 148 valence electrons. The van der Waals surface area contributed by atoms with E-state index in [0.717, 1.165) is 35.4 Å². The third-order valence-corrected chi connectivity index (χ3v) is 5.70. The Labute approximate surface area is 173 Å². The zero-order valence-electron chi connectivity index (χ0n) is 15.7. The van der Waals surface area contributed by atoms with Crippen molar-refractivity contribution in [1.82, 2.24) is 15.1 Å². The highest BCUT2D eigenvalue weighted by molar-refractivity contribution is 6.30. The molecule has 1 unspecified atom stereocenters. The molecule has 2 aromatic carbocycles. The molecule has 2 aliphatic rings. The molecule has 1 amide bonds. The summed E-state index contributed by atoms with van der Waals surface area (Å²) in [6.07, 6.45) is 4.75. The van der Waals surface area contributed by atoms with Crippen LogP contribution < -0.4 is 14.8 Å². The van der Waals surface area contributed by atoms with Gasteiger partial charge in [-0.05, 0) is 55.2 Å². The quantitative estimate of drug-likeness (QED) is 0.704. The molecule has 0 spiro atoms. The number of hydrogen-bond acceptors (Lipinski definition) is 4. The summed E-state index contributed by atoms with van der Waals surface area (Å²) in [5.41, 5.74) is 3.99. The molecule has 1 aliphatic carbocycles. The summed E-state index contributed by atoms with van der Waals surface area (Å²) in [6, 6.07) is 13.0. The van der Waals surface area contributed by atoms with Gasteiger partial charge in [0.2, 0.25) is 6.79 Å². The fourth-order valence-corrected chi connectivity index (χ4v) is 4.07. The topological polar surface area (TPSA) is 65.4 Å². The normalized spacial score (nSPS) is 17.1. The van der Waals surface area contributed by atoms with Crippen LogP contribution in [-0.2, 0) is 13.0 Å². The van der Waals surface area contributed by atoms with Crippen molar-refractivity contribution in [2.45, 2.75) is 31.8 Å². The van der Waals surface area contributed by atoms with Crippen molar-refractivity contribution in [2.75, 3.05) is 6.79 Å². The smallest absolute Gasteiger partial charge is 0.251 e. The number of fused-ring (bicyclic) bond motifs is 2. The van der Waals surface area contributed by atoms with Gasteiger partial charge in [-0.1, -0.05) is 23.7 Å². The fourth-order valence-electron chi connectivity index (χ4n) is 3.95. The van der Waals surface area contributed by atoms with E-state index in [1.807, 2.05) is 35.1 Å². The lowest BCUT2D eigenvalue weighted by atomic mass is 9.92. The summed E-state index contributed by atoms with van der Waals surface area (Å²) < 4.78 is 12.7. The van der Waals surface area contributed by atoms with E-state index in [-0.39, 0.29) is 18.7 Å². The number of aromatic nitrogens is 2. The van der Waals surface area contributed by atoms with Crippen LogP contribution in [0.25, 0.3) is 0 Å². The Bertz CT molecular complexity index is 1060. The number of rotatable bonds is 4. The molecule has 0 radical (unpaired) electrons. The highest BCUT2D eigenvalue weighted by Gasteiger charge is 2.26. The highest BCUT2D eigenvalue weighted by Crippen LogP contribution is 2.34. The Hall–Kier alpha value is -2.99. The molecule has 6 nitrogen and oxygen atoms in total. The van der Waals surface area contributed by atoms with Gasteiger partial charge in [0.25, 0.3) is 5.91 Å². The van der Waals surface area contributed by atoms with Gasteiger partial charge in [-0.15, -0.1) is 0 Å². The SMILES string of the molecule is O=C(NC1CCCc2c1cnn2Cc1ccc(Cl)cc1)c1ccc2c(c1)OCO2. The van der Waals surface area contributed by atoms with Crippen molar-refractivity contribution in [3.8, 4) is 11.5 Å². The number of carbonyl (C=O) groups is 1. The lowest BCUT2D eigenvalue weighted by Crippen LogP contribution is -2.31. The first-order chi connectivity index (χ1) is 14.2. The maximum absolute atomic E-state index is 12.8.